The predicted molar refractivity (Wildman–Crippen MR) is 84.8 cm³/mol. The maximum absolute atomic E-state index is 11.7. The highest BCUT2D eigenvalue weighted by Gasteiger charge is 2.29. The Morgan fingerprint density at radius 1 is 1.24 bits per heavy atom. The SMILES string of the molecule is NC(=O)C(CCCNc1ccccc1)C1CCC(O)CC1. The van der Waals surface area contributed by atoms with Crippen molar-refractivity contribution in [3.05, 3.63) is 30.3 Å². The van der Waals surface area contributed by atoms with Crippen LogP contribution in [0.15, 0.2) is 30.3 Å². The van der Waals surface area contributed by atoms with Gasteiger partial charge in [0, 0.05) is 18.2 Å². The van der Waals surface area contributed by atoms with Gasteiger partial charge >= 0.3 is 0 Å². The first kappa shape index (κ1) is 15.8. The second-order valence-electron chi connectivity index (χ2n) is 6.01. The average molecular weight is 290 g/mol. The second kappa shape index (κ2) is 8.03. The van der Waals surface area contributed by atoms with Gasteiger partial charge in [-0.1, -0.05) is 18.2 Å². The van der Waals surface area contributed by atoms with Crippen LogP contribution in [0.1, 0.15) is 38.5 Å². The first-order valence-electron chi connectivity index (χ1n) is 7.93. The highest BCUT2D eigenvalue weighted by Crippen LogP contribution is 2.32. The molecule has 1 saturated carbocycles. The van der Waals surface area contributed by atoms with Gasteiger partial charge in [0.05, 0.1) is 6.10 Å². The van der Waals surface area contributed by atoms with Gasteiger partial charge in [0.2, 0.25) is 5.91 Å². The van der Waals surface area contributed by atoms with Crippen molar-refractivity contribution in [1.82, 2.24) is 0 Å². The van der Waals surface area contributed by atoms with Gasteiger partial charge in [-0.3, -0.25) is 4.79 Å². The molecule has 4 nitrogen and oxygen atoms in total. The van der Waals surface area contributed by atoms with Crippen molar-refractivity contribution >= 4 is 11.6 Å². The molecule has 1 aliphatic rings. The molecule has 0 aliphatic heterocycles. The highest BCUT2D eigenvalue weighted by molar-refractivity contribution is 5.76. The summed E-state index contributed by atoms with van der Waals surface area (Å²) in [6.45, 7) is 0.850. The van der Waals surface area contributed by atoms with E-state index in [-0.39, 0.29) is 17.9 Å². The number of nitrogens with one attached hydrogen (secondary N) is 1. The molecule has 4 N–H and O–H groups in total. The molecule has 2 rings (SSSR count). The molecule has 0 radical (unpaired) electrons. The Hall–Kier alpha value is -1.55. The van der Waals surface area contributed by atoms with E-state index in [9.17, 15) is 9.90 Å². The van der Waals surface area contributed by atoms with Crippen molar-refractivity contribution in [2.75, 3.05) is 11.9 Å². The smallest absolute Gasteiger partial charge is 0.220 e. The molecule has 1 aromatic carbocycles. The van der Waals surface area contributed by atoms with Crippen LogP contribution >= 0.6 is 0 Å². The molecule has 1 aliphatic carbocycles. The molecule has 1 amide bonds. The fourth-order valence-electron chi connectivity index (χ4n) is 3.22. The van der Waals surface area contributed by atoms with Crippen LogP contribution in [0.4, 0.5) is 5.69 Å². The van der Waals surface area contributed by atoms with E-state index in [1.165, 1.54) is 0 Å². The fraction of sp³-hybridized carbons (Fsp3) is 0.588. The molecular formula is C17H26N2O2. The summed E-state index contributed by atoms with van der Waals surface area (Å²) >= 11 is 0. The largest absolute Gasteiger partial charge is 0.393 e. The number of aliphatic hydroxyl groups is 1. The van der Waals surface area contributed by atoms with Crippen LogP contribution in [0.25, 0.3) is 0 Å². The van der Waals surface area contributed by atoms with Gasteiger partial charge in [-0.25, -0.2) is 0 Å². The summed E-state index contributed by atoms with van der Waals surface area (Å²) in [6, 6.07) is 10.1. The van der Waals surface area contributed by atoms with Gasteiger partial charge in [-0.05, 0) is 56.6 Å². The van der Waals surface area contributed by atoms with E-state index in [1.54, 1.807) is 0 Å². The Balaban J connectivity index is 1.74. The number of benzene rings is 1. The lowest BCUT2D eigenvalue weighted by molar-refractivity contribution is -0.124. The number of carbonyl (C=O) groups excluding carboxylic acids is 1. The quantitative estimate of drug-likeness (QED) is 0.675. The van der Waals surface area contributed by atoms with Gasteiger partial charge in [-0.15, -0.1) is 0 Å². The summed E-state index contributed by atoms with van der Waals surface area (Å²) < 4.78 is 0. The molecule has 0 heterocycles. The zero-order valence-corrected chi connectivity index (χ0v) is 12.5. The average Bonchev–Trinajstić information content (AvgIpc) is 2.49. The summed E-state index contributed by atoms with van der Waals surface area (Å²) in [7, 11) is 0. The minimum absolute atomic E-state index is 0.0462. The number of nitrogens with two attached hydrogens (primary N) is 1. The molecule has 4 heteroatoms. The van der Waals surface area contributed by atoms with Gasteiger partial charge < -0.3 is 16.2 Å². The molecule has 0 aromatic heterocycles. The number of carbonyl (C=O) groups is 1. The highest BCUT2D eigenvalue weighted by atomic mass is 16.3. The summed E-state index contributed by atoms with van der Waals surface area (Å²) in [5.41, 5.74) is 6.68. The number of para-hydroxylation sites is 1. The molecule has 1 unspecified atom stereocenters. The van der Waals surface area contributed by atoms with Crippen LogP contribution in [-0.2, 0) is 4.79 Å². The predicted octanol–water partition coefficient (Wildman–Crippen LogP) is 2.53. The van der Waals surface area contributed by atoms with Crippen LogP contribution in [0.2, 0.25) is 0 Å². The number of aliphatic hydroxyl groups excluding tert-OH is 1. The van der Waals surface area contributed by atoms with Gasteiger partial charge in [0.25, 0.3) is 0 Å². The molecule has 116 valence electrons. The monoisotopic (exact) mass is 290 g/mol. The molecule has 0 saturated heterocycles. The van der Waals surface area contributed by atoms with E-state index >= 15 is 0 Å². The van der Waals surface area contributed by atoms with E-state index < -0.39 is 0 Å². The molecule has 1 atom stereocenters. The number of primary amides is 1. The number of rotatable bonds is 7. The van der Waals surface area contributed by atoms with Gasteiger partial charge in [0.1, 0.15) is 0 Å². The minimum Gasteiger partial charge on any atom is -0.393 e. The van der Waals surface area contributed by atoms with E-state index in [4.69, 9.17) is 5.73 Å². The van der Waals surface area contributed by atoms with Gasteiger partial charge in [0.15, 0.2) is 0 Å². The van der Waals surface area contributed by atoms with E-state index in [2.05, 4.69) is 5.32 Å². The lowest BCUT2D eigenvalue weighted by Gasteiger charge is -2.30. The maximum Gasteiger partial charge on any atom is 0.220 e. The molecule has 21 heavy (non-hydrogen) atoms. The van der Waals surface area contributed by atoms with Crippen LogP contribution in [0.5, 0.6) is 0 Å². The Morgan fingerprint density at radius 2 is 1.90 bits per heavy atom. The first-order valence-corrected chi connectivity index (χ1v) is 7.93. The zero-order valence-electron chi connectivity index (χ0n) is 12.5. The van der Waals surface area contributed by atoms with E-state index in [0.29, 0.717) is 5.92 Å². The Bertz CT molecular complexity index is 428. The number of amides is 1. The number of anilines is 1. The van der Waals surface area contributed by atoms with Crippen molar-refractivity contribution in [2.45, 2.75) is 44.6 Å². The Morgan fingerprint density at radius 3 is 2.52 bits per heavy atom. The van der Waals surface area contributed by atoms with Crippen molar-refractivity contribution in [1.29, 1.82) is 0 Å². The third-order valence-corrected chi connectivity index (χ3v) is 4.47. The van der Waals surface area contributed by atoms with Crippen molar-refractivity contribution in [3.63, 3.8) is 0 Å². The molecule has 1 aromatic rings. The minimum atomic E-state index is -0.186. The third-order valence-electron chi connectivity index (χ3n) is 4.47. The lowest BCUT2D eigenvalue weighted by atomic mass is 9.77. The maximum atomic E-state index is 11.7. The van der Waals surface area contributed by atoms with E-state index in [0.717, 1.165) is 50.8 Å². The summed E-state index contributed by atoms with van der Waals surface area (Å²) in [5, 5.41) is 12.9. The zero-order chi connectivity index (χ0) is 15.1. The van der Waals surface area contributed by atoms with Crippen molar-refractivity contribution in [3.8, 4) is 0 Å². The molecule has 1 fully saturated rings. The molecular weight excluding hydrogens is 264 g/mol. The summed E-state index contributed by atoms with van der Waals surface area (Å²) in [5.74, 6) is 0.119. The van der Waals surface area contributed by atoms with Crippen LogP contribution in [0.3, 0.4) is 0 Å². The van der Waals surface area contributed by atoms with Crippen LogP contribution < -0.4 is 11.1 Å². The molecule has 0 spiro atoms. The second-order valence-corrected chi connectivity index (χ2v) is 6.01. The van der Waals surface area contributed by atoms with Gasteiger partial charge in [-0.2, -0.15) is 0 Å². The number of hydrogen-bond acceptors (Lipinski definition) is 3. The Kier molecular flexibility index (Phi) is 6.05. The number of hydrogen-bond donors (Lipinski definition) is 3. The van der Waals surface area contributed by atoms with Crippen LogP contribution in [-0.4, -0.2) is 23.7 Å². The van der Waals surface area contributed by atoms with E-state index in [1.807, 2.05) is 30.3 Å². The third kappa shape index (κ3) is 5.05. The van der Waals surface area contributed by atoms with Crippen molar-refractivity contribution < 1.29 is 9.90 Å². The summed E-state index contributed by atoms with van der Waals surface area (Å²) in [6.07, 6.45) is 5.02. The normalized spacial score (nSPS) is 23.5. The molecule has 0 bridgehead atoms. The topological polar surface area (TPSA) is 75.4 Å². The fourth-order valence-corrected chi connectivity index (χ4v) is 3.22. The Labute approximate surface area is 126 Å². The standard InChI is InChI=1S/C17H26N2O2/c18-17(21)16(13-8-10-15(20)11-9-13)7-4-12-19-14-5-2-1-3-6-14/h1-3,5-6,13,15-16,19-20H,4,7-12H2,(H2,18,21). The van der Waals surface area contributed by atoms with Crippen molar-refractivity contribution in [2.24, 2.45) is 17.6 Å². The van der Waals surface area contributed by atoms with Crippen LogP contribution in [0, 0.1) is 11.8 Å². The lowest BCUT2D eigenvalue weighted by Crippen LogP contribution is -2.33. The first-order chi connectivity index (χ1) is 10.2. The summed E-state index contributed by atoms with van der Waals surface area (Å²) in [4.78, 5) is 11.7.